The molecule has 7 heteroatoms. The first-order valence-corrected chi connectivity index (χ1v) is 8.50. The Labute approximate surface area is 167 Å². The average molecular weight is 459 g/mol. The number of rotatable bonds is 5. The van der Waals surface area contributed by atoms with Crippen molar-refractivity contribution in [1.29, 1.82) is 0 Å². The second-order valence-corrected chi connectivity index (χ2v) is 6.76. The van der Waals surface area contributed by atoms with Gasteiger partial charge < -0.3 is 16.4 Å². The number of hydrogen-bond acceptors (Lipinski definition) is 3. The number of halogens is 1. The van der Waals surface area contributed by atoms with Gasteiger partial charge in [0, 0.05) is 44.3 Å². The molecule has 1 heterocycles. The molecule has 2 unspecified atom stereocenters. The van der Waals surface area contributed by atoms with E-state index in [1.54, 1.807) is 19.2 Å². The highest BCUT2D eigenvalue weighted by molar-refractivity contribution is 14.0. The molecule has 0 saturated carbocycles. The van der Waals surface area contributed by atoms with Gasteiger partial charge in [0.15, 0.2) is 5.96 Å². The molecule has 1 aliphatic heterocycles. The third-order valence-corrected chi connectivity index (χ3v) is 4.62. The topological polar surface area (TPSA) is 82.7 Å². The maximum Gasteiger partial charge on any atom is 0.248 e. The minimum Gasteiger partial charge on any atom is -0.366 e. The molecule has 2 atom stereocenters. The van der Waals surface area contributed by atoms with E-state index in [9.17, 15) is 4.79 Å². The van der Waals surface area contributed by atoms with Gasteiger partial charge in [0.05, 0.1) is 0 Å². The molecule has 2 rings (SSSR count). The zero-order valence-corrected chi connectivity index (χ0v) is 17.8. The number of likely N-dealkylation sites (tertiary alicyclic amines) is 1. The van der Waals surface area contributed by atoms with Crippen LogP contribution in [-0.4, -0.2) is 49.0 Å². The van der Waals surface area contributed by atoms with Gasteiger partial charge in [-0.15, -0.1) is 24.0 Å². The summed E-state index contributed by atoms with van der Waals surface area (Å²) in [7, 11) is 1.78. The van der Waals surface area contributed by atoms with E-state index in [0.29, 0.717) is 30.1 Å². The van der Waals surface area contributed by atoms with Crippen molar-refractivity contribution in [2.24, 2.45) is 16.6 Å². The van der Waals surface area contributed by atoms with Crippen molar-refractivity contribution in [2.75, 3.05) is 20.1 Å². The fraction of sp³-hybridized carbons (Fsp3) is 0.556. The molecule has 25 heavy (non-hydrogen) atoms. The predicted molar refractivity (Wildman–Crippen MR) is 113 cm³/mol. The first-order chi connectivity index (χ1) is 11.4. The van der Waals surface area contributed by atoms with Crippen LogP contribution in [0.15, 0.2) is 29.3 Å². The van der Waals surface area contributed by atoms with E-state index in [2.05, 4.69) is 41.3 Å². The molecule has 0 aromatic heterocycles. The lowest BCUT2D eigenvalue weighted by Crippen LogP contribution is -2.46. The van der Waals surface area contributed by atoms with Crippen molar-refractivity contribution in [2.45, 2.75) is 39.4 Å². The molecule has 4 N–H and O–H groups in total. The molecule has 1 saturated heterocycles. The van der Waals surface area contributed by atoms with Crippen LogP contribution in [0.5, 0.6) is 0 Å². The first kappa shape index (κ1) is 21.7. The fourth-order valence-electron chi connectivity index (χ4n) is 2.96. The first-order valence-electron chi connectivity index (χ1n) is 8.50. The van der Waals surface area contributed by atoms with Crippen molar-refractivity contribution >= 4 is 35.8 Å². The van der Waals surface area contributed by atoms with Crippen LogP contribution in [-0.2, 0) is 6.54 Å². The predicted octanol–water partition coefficient (Wildman–Crippen LogP) is 1.80. The normalized spacial score (nSPS) is 21.1. The summed E-state index contributed by atoms with van der Waals surface area (Å²) in [5.74, 6) is 0.981. The van der Waals surface area contributed by atoms with Gasteiger partial charge >= 0.3 is 0 Å². The number of amides is 1. The van der Waals surface area contributed by atoms with E-state index in [-0.39, 0.29) is 24.0 Å². The van der Waals surface area contributed by atoms with Gasteiger partial charge in [-0.05, 0) is 37.5 Å². The molecule has 1 aromatic rings. The summed E-state index contributed by atoms with van der Waals surface area (Å²) in [6.45, 7) is 9.53. The third-order valence-electron chi connectivity index (χ3n) is 4.62. The smallest absolute Gasteiger partial charge is 0.248 e. The summed E-state index contributed by atoms with van der Waals surface area (Å²) < 4.78 is 0. The van der Waals surface area contributed by atoms with E-state index in [0.717, 1.165) is 24.6 Å². The quantitative estimate of drug-likeness (QED) is 0.356. The van der Waals surface area contributed by atoms with Crippen LogP contribution in [0.2, 0.25) is 0 Å². The van der Waals surface area contributed by atoms with Gasteiger partial charge in [0.25, 0.3) is 0 Å². The Morgan fingerprint density at radius 3 is 2.44 bits per heavy atom. The Morgan fingerprint density at radius 1 is 1.32 bits per heavy atom. The fourth-order valence-corrected chi connectivity index (χ4v) is 2.96. The Hall–Kier alpha value is -1.35. The third kappa shape index (κ3) is 6.14. The molecule has 140 valence electrons. The standard InChI is InChI=1S/C18H29N5O.HI/c1-12(2)23-10-13(3)16(11-23)22-18(20-4)21-9-14-5-7-15(8-6-14)17(19)24;/h5-8,12-13,16H,9-11H2,1-4H3,(H2,19,24)(H2,20,21,22);1H. The van der Waals surface area contributed by atoms with E-state index in [1.165, 1.54) is 0 Å². The number of aliphatic imine (C=N–C) groups is 1. The summed E-state index contributed by atoms with van der Waals surface area (Å²) in [6.07, 6.45) is 0. The maximum atomic E-state index is 11.1. The van der Waals surface area contributed by atoms with Crippen LogP contribution in [0.4, 0.5) is 0 Å². The van der Waals surface area contributed by atoms with Gasteiger partial charge in [0.2, 0.25) is 5.91 Å². The van der Waals surface area contributed by atoms with Crippen molar-refractivity contribution < 1.29 is 4.79 Å². The van der Waals surface area contributed by atoms with Gasteiger partial charge in [-0.2, -0.15) is 0 Å². The summed E-state index contributed by atoms with van der Waals surface area (Å²) in [5.41, 5.74) is 6.85. The highest BCUT2D eigenvalue weighted by Gasteiger charge is 2.31. The molecule has 6 nitrogen and oxygen atoms in total. The van der Waals surface area contributed by atoms with Gasteiger partial charge in [-0.1, -0.05) is 19.1 Å². The average Bonchev–Trinajstić information content (AvgIpc) is 2.93. The maximum absolute atomic E-state index is 11.1. The summed E-state index contributed by atoms with van der Waals surface area (Å²) in [5, 5.41) is 6.85. The van der Waals surface area contributed by atoms with E-state index >= 15 is 0 Å². The number of nitrogens with one attached hydrogen (secondary N) is 2. The van der Waals surface area contributed by atoms with Crippen molar-refractivity contribution in [3.05, 3.63) is 35.4 Å². The SMILES string of the molecule is CN=C(NCc1ccc(C(N)=O)cc1)NC1CN(C(C)C)CC1C.I. The number of carbonyl (C=O) groups excluding carboxylic acids is 1. The minimum atomic E-state index is -0.406. The van der Waals surface area contributed by atoms with Crippen LogP contribution < -0.4 is 16.4 Å². The van der Waals surface area contributed by atoms with Crippen LogP contribution in [0.25, 0.3) is 0 Å². The largest absolute Gasteiger partial charge is 0.366 e. The lowest BCUT2D eigenvalue weighted by atomic mass is 10.1. The number of nitrogens with zero attached hydrogens (tertiary/aromatic N) is 2. The highest BCUT2D eigenvalue weighted by atomic mass is 127. The molecule has 1 aliphatic rings. The Kier molecular flexibility index (Phi) is 8.64. The summed E-state index contributed by atoms with van der Waals surface area (Å²) in [6, 6.07) is 8.26. The summed E-state index contributed by atoms with van der Waals surface area (Å²) in [4.78, 5) is 17.9. The molecule has 1 fully saturated rings. The number of benzene rings is 1. The molecule has 0 aliphatic carbocycles. The number of primary amides is 1. The Bertz CT molecular complexity index is 588. The molecule has 0 spiro atoms. The van der Waals surface area contributed by atoms with Crippen LogP contribution in [0, 0.1) is 5.92 Å². The monoisotopic (exact) mass is 459 g/mol. The van der Waals surface area contributed by atoms with Crippen molar-refractivity contribution in [3.8, 4) is 0 Å². The molecule has 1 amide bonds. The van der Waals surface area contributed by atoms with Crippen LogP contribution in [0.1, 0.15) is 36.7 Å². The lowest BCUT2D eigenvalue weighted by Gasteiger charge is -2.22. The van der Waals surface area contributed by atoms with Gasteiger partial charge in [-0.3, -0.25) is 14.7 Å². The number of hydrogen-bond donors (Lipinski definition) is 3. The van der Waals surface area contributed by atoms with Crippen LogP contribution >= 0.6 is 24.0 Å². The van der Waals surface area contributed by atoms with Crippen molar-refractivity contribution in [1.82, 2.24) is 15.5 Å². The summed E-state index contributed by atoms with van der Waals surface area (Å²) >= 11 is 0. The Morgan fingerprint density at radius 2 is 1.96 bits per heavy atom. The zero-order chi connectivity index (χ0) is 17.7. The molecular weight excluding hydrogens is 429 g/mol. The van der Waals surface area contributed by atoms with Crippen molar-refractivity contribution in [3.63, 3.8) is 0 Å². The van der Waals surface area contributed by atoms with Gasteiger partial charge in [-0.25, -0.2) is 0 Å². The van der Waals surface area contributed by atoms with Crippen LogP contribution in [0.3, 0.4) is 0 Å². The second-order valence-electron chi connectivity index (χ2n) is 6.76. The number of carbonyl (C=O) groups is 1. The highest BCUT2D eigenvalue weighted by Crippen LogP contribution is 2.18. The number of nitrogens with two attached hydrogens (primary N) is 1. The molecular formula is C18H30IN5O. The number of guanidine groups is 1. The van der Waals surface area contributed by atoms with Gasteiger partial charge in [0.1, 0.15) is 0 Å². The van der Waals surface area contributed by atoms with E-state index in [4.69, 9.17) is 5.73 Å². The second kappa shape index (κ2) is 9.96. The molecule has 1 aromatic carbocycles. The minimum absolute atomic E-state index is 0. The molecule has 0 radical (unpaired) electrons. The van der Waals surface area contributed by atoms with E-state index in [1.807, 2.05) is 12.1 Å². The molecule has 0 bridgehead atoms. The zero-order valence-electron chi connectivity index (χ0n) is 15.5. The Balaban J connectivity index is 0.00000312. The lowest BCUT2D eigenvalue weighted by molar-refractivity contribution is 0.100. The van der Waals surface area contributed by atoms with E-state index < -0.39 is 5.91 Å².